The first-order chi connectivity index (χ1) is 11.7. The molecule has 0 radical (unpaired) electrons. The highest BCUT2D eigenvalue weighted by Gasteiger charge is 2.11. The second-order valence-electron chi connectivity index (χ2n) is 5.61. The fraction of sp³-hybridized carbons (Fsp3) is 0.350. The van der Waals surface area contributed by atoms with Crippen molar-refractivity contribution in [2.75, 3.05) is 13.7 Å². The average Bonchev–Trinajstić information content (AvgIpc) is 2.60. The number of methoxy groups -OCH3 is 1. The van der Waals surface area contributed by atoms with Gasteiger partial charge in [0.15, 0.2) is 0 Å². The molecule has 0 spiro atoms. The number of carbonyl (C=O) groups excluding carboxylic acids is 1. The fourth-order valence-electron chi connectivity index (χ4n) is 2.26. The lowest BCUT2D eigenvalue weighted by Crippen LogP contribution is -2.17. The van der Waals surface area contributed by atoms with Gasteiger partial charge in [0, 0.05) is 12.5 Å². The lowest BCUT2D eigenvalue weighted by atomic mass is 10.1. The predicted molar refractivity (Wildman–Crippen MR) is 93.8 cm³/mol. The molecule has 128 valence electrons. The van der Waals surface area contributed by atoms with Crippen molar-refractivity contribution in [3.8, 4) is 5.75 Å². The van der Waals surface area contributed by atoms with E-state index in [1.807, 2.05) is 49.4 Å². The Morgan fingerprint density at radius 3 is 2.83 bits per heavy atom. The monoisotopic (exact) mass is 328 g/mol. The summed E-state index contributed by atoms with van der Waals surface area (Å²) in [5.41, 5.74) is 2.26. The third-order valence-electron chi connectivity index (χ3n) is 3.62. The molecular formula is C20H24O4. The molecule has 0 saturated carbocycles. The first-order valence-corrected chi connectivity index (χ1v) is 8.10. The van der Waals surface area contributed by atoms with Crippen LogP contribution in [0, 0.1) is 0 Å². The van der Waals surface area contributed by atoms with Crippen molar-refractivity contribution >= 4 is 5.97 Å². The second kappa shape index (κ2) is 9.73. The van der Waals surface area contributed by atoms with Crippen LogP contribution in [0.4, 0.5) is 0 Å². The summed E-state index contributed by atoms with van der Waals surface area (Å²) in [4.78, 5) is 11.1. The van der Waals surface area contributed by atoms with E-state index in [2.05, 4.69) is 6.08 Å². The Kier molecular flexibility index (Phi) is 7.30. The molecule has 1 aromatic carbocycles. The molecule has 4 nitrogen and oxygen atoms in total. The normalized spacial score (nSPS) is 18.0. The van der Waals surface area contributed by atoms with Crippen molar-refractivity contribution in [2.24, 2.45) is 0 Å². The SMILES string of the molecule is COc1ccc(COCC/C=C(C)/C=C/[C@H]2CC=CC(=O)O2)cc1. The highest BCUT2D eigenvalue weighted by atomic mass is 16.5. The highest BCUT2D eigenvalue weighted by Crippen LogP contribution is 2.12. The zero-order valence-electron chi connectivity index (χ0n) is 14.2. The third kappa shape index (κ3) is 6.42. The van der Waals surface area contributed by atoms with Gasteiger partial charge in [0.05, 0.1) is 20.3 Å². The molecule has 1 heterocycles. The Labute approximate surface area is 143 Å². The molecule has 0 fully saturated rings. The van der Waals surface area contributed by atoms with Gasteiger partial charge in [0.25, 0.3) is 0 Å². The number of carbonyl (C=O) groups is 1. The van der Waals surface area contributed by atoms with E-state index in [0.717, 1.165) is 29.7 Å². The number of esters is 1. The molecule has 1 atom stereocenters. The van der Waals surface area contributed by atoms with Crippen molar-refractivity contribution < 1.29 is 19.0 Å². The Hall–Kier alpha value is -2.33. The first kappa shape index (κ1) is 18.0. The van der Waals surface area contributed by atoms with Gasteiger partial charge in [-0.3, -0.25) is 0 Å². The Balaban J connectivity index is 1.65. The lowest BCUT2D eigenvalue weighted by Gasteiger charge is -2.14. The molecule has 4 heteroatoms. The van der Waals surface area contributed by atoms with Gasteiger partial charge in [-0.15, -0.1) is 0 Å². The van der Waals surface area contributed by atoms with Crippen LogP contribution in [0.5, 0.6) is 5.75 Å². The summed E-state index contributed by atoms with van der Waals surface area (Å²) in [5, 5.41) is 0. The minimum absolute atomic E-state index is 0.155. The molecule has 1 aliphatic rings. The molecule has 1 aromatic rings. The largest absolute Gasteiger partial charge is 0.497 e. The summed E-state index contributed by atoms with van der Waals surface area (Å²) in [7, 11) is 1.66. The molecule has 0 bridgehead atoms. The molecule has 0 saturated heterocycles. The Bertz CT molecular complexity index is 611. The third-order valence-corrected chi connectivity index (χ3v) is 3.62. The quantitative estimate of drug-likeness (QED) is 0.411. The number of rotatable bonds is 8. The summed E-state index contributed by atoms with van der Waals surface area (Å²) >= 11 is 0. The van der Waals surface area contributed by atoms with E-state index < -0.39 is 0 Å². The zero-order valence-corrected chi connectivity index (χ0v) is 14.2. The van der Waals surface area contributed by atoms with E-state index in [-0.39, 0.29) is 12.1 Å². The molecule has 0 amide bonds. The van der Waals surface area contributed by atoms with Gasteiger partial charge >= 0.3 is 5.97 Å². The van der Waals surface area contributed by atoms with Crippen LogP contribution in [0.1, 0.15) is 25.3 Å². The predicted octanol–water partition coefficient (Wildman–Crippen LogP) is 3.98. The molecule has 0 aromatic heterocycles. The minimum atomic E-state index is -0.274. The zero-order chi connectivity index (χ0) is 17.2. The van der Waals surface area contributed by atoms with Gasteiger partial charge in [-0.2, -0.15) is 0 Å². The summed E-state index contributed by atoms with van der Waals surface area (Å²) < 4.78 is 16.0. The van der Waals surface area contributed by atoms with Crippen LogP contribution in [-0.2, 0) is 20.9 Å². The summed E-state index contributed by atoms with van der Waals surface area (Å²) in [5.74, 6) is 0.577. The van der Waals surface area contributed by atoms with E-state index in [0.29, 0.717) is 13.2 Å². The van der Waals surface area contributed by atoms with Gasteiger partial charge in [0.1, 0.15) is 11.9 Å². The van der Waals surface area contributed by atoms with E-state index in [1.54, 1.807) is 7.11 Å². The van der Waals surface area contributed by atoms with E-state index in [4.69, 9.17) is 14.2 Å². The molecule has 0 aliphatic carbocycles. The van der Waals surface area contributed by atoms with Crippen LogP contribution in [0.15, 0.2) is 60.2 Å². The molecular weight excluding hydrogens is 304 g/mol. The topological polar surface area (TPSA) is 44.8 Å². The smallest absolute Gasteiger partial charge is 0.331 e. The minimum Gasteiger partial charge on any atom is -0.497 e. The van der Waals surface area contributed by atoms with Crippen molar-refractivity contribution in [3.63, 3.8) is 0 Å². The van der Waals surface area contributed by atoms with E-state index >= 15 is 0 Å². The number of cyclic esters (lactones) is 1. The van der Waals surface area contributed by atoms with E-state index in [1.165, 1.54) is 6.08 Å². The maximum Gasteiger partial charge on any atom is 0.331 e. The maximum absolute atomic E-state index is 11.1. The number of benzene rings is 1. The van der Waals surface area contributed by atoms with Crippen LogP contribution in [-0.4, -0.2) is 25.8 Å². The van der Waals surface area contributed by atoms with Gasteiger partial charge in [-0.1, -0.05) is 35.9 Å². The fourth-order valence-corrected chi connectivity index (χ4v) is 2.26. The van der Waals surface area contributed by atoms with Crippen LogP contribution < -0.4 is 4.74 Å². The van der Waals surface area contributed by atoms with Crippen molar-refractivity contribution in [3.05, 3.63) is 65.8 Å². The maximum atomic E-state index is 11.1. The molecule has 24 heavy (non-hydrogen) atoms. The van der Waals surface area contributed by atoms with Crippen LogP contribution in [0.25, 0.3) is 0 Å². The standard InChI is InChI=1S/C20H24O4/c1-16(8-11-19-6-3-7-20(21)24-19)5-4-14-23-15-17-9-12-18(22-2)13-10-17/h3,5,7-13,19H,4,6,14-15H2,1-2H3/b11-8+,16-5+/t19-/m1/s1. The number of hydrogen-bond acceptors (Lipinski definition) is 4. The number of ether oxygens (including phenoxy) is 3. The van der Waals surface area contributed by atoms with E-state index in [9.17, 15) is 4.79 Å². The van der Waals surface area contributed by atoms with Crippen molar-refractivity contribution in [1.82, 2.24) is 0 Å². The molecule has 0 unspecified atom stereocenters. The molecule has 2 rings (SSSR count). The molecule has 0 N–H and O–H groups in total. The summed E-state index contributed by atoms with van der Waals surface area (Å²) in [6.07, 6.45) is 10.8. The average molecular weight is 328 g/mol. The van der Waals surface area contributed by atoms with Gasteiger partial charge in [-0.25, -0.2) is 4.79 Å². The first-order valence-electron chi connectivity index (χ1n) is 8.10. The summed E-state index contributed by atoms with van der Waals surface area (Å²) in [6.45, 7) is 3.29. The van der Waals surface area contributed by atoms with Gasteiger partial charge in [0.2, 0.25) is 0 Å². The van der Waals surface area contributed by atoms with Crippen molar-refractivity contribution in [2.45, 2.75) is 32.5 Å². The highest BCUT2D eigenvalue weighted by molar-refractivity contribution is 5.82. The Morgan fingerprint density at radius 1 is 1.33 bits per heavy atom. The van der Waals surface area contributed by atoms with Gasteiger partial charge < -0.3 is 14.2 Å². The molecule has 1 aliphatic heterocycles. The number of hydrogen-bond donors (Lipinski definition) is 0. The Morgan fingerprint density at radius 2 is 2.12 bits per heavy atom. The van der Waals surface area contributed by atoms with Crippen LogP contribution in [0.3, 0.4) is 0 Å². The van der Waals surface area contributed by atoms with Crippen molar-refractivity contribution in [1.29, 1.82) is 0 Å². The second-order valence-corrected chi connectivity index (χ2v) is 5.61. The summed E-state index contributed by atoms with van der Waals surface area (Å²) in [6, 6.07) is 7.87. The lowest BCUT2D eigenvalue weighted by molar-refractivity contribution is -0.141. The van der Waals surface area contributed by atoms with Crippen LogP contribution in [0.2, 0.25) is 0 Å². The van der Waals surface area contributed by atoms with Gasteiger partial charge in [-0.05, 0) is 37.1 Å². The van der Waals surface area contributed by atoms with Crippen LogP contribution >= 0.6 is 0 Å². The number of allylic oxidation sites excluding steroid dienone is 2.